The Morgan fingerprint density at radius 2 is 1.06 bits per heavy atom. The highest BCUT2D eigenvalue weighted by Crippen LogP contribution is 2.38. The van der Waals surface area contributed by atoms with E-state index in [9.17, 15) is 0 Å². The van der Waals surface area contributed by atoms with Gasteiger partial charge >= 0.3 is 0 Å². The van der Waals surface area contributed by atoms with Crippen LogP contribution in [0.2, 0.25) is 0 Å². The van der Waals surface area contributed by atoms with Gasteiger partial charge in [-0.1, -0.05) is 39.8 Å². The van der Waals surface area contributed by atoms with Crippen LogP contribution in [0.5, 0.6) is 0 Å². The van der Waals surface area contributed by atoms with E-state index in [1.165, 1.54) is 0 Å². The summed E-state index contributed by atoms with van der Waals surface area (Å²) in [6.07, 6.45) is 0. The second-order valence-corrected chi connectivity index (χ2v) is 9.38. The Labute approximate surface area is 203 Å². The number of methoxy groups -OCH3 is 4. The molecule has 0 aliphatic carbocycles. The molecule has 0 saturated carbocycles. The van der Waals surface area contributed by atoms with Gasteiger partial charge in [0.15, 0.2) is 12.1 Å². The fourth-order valence-electron chi connectivity index (χ4n) is 4.44. The third-order valence-corrected chi connectivity index (χ3v) is 6.51. The van der Waals surface area contributed by atoms with Gasteiger partial charge in [-0.3, -0.25) is 0 Å². The highest BCUT2D eigenvalue weighted by Gasteiger charge is 2.38. The van der Waals surface area contributed by atoms with E-state index in [-0.39, 0.29) is 23.9 Å². The van der Waals surface area contributed by atoms with Crippen molar-refractivity contribution in [3.63, 3.8) is 0 Å². The first-order chi connectivity index (χ1) is 16.2. The molecule has 4 atom stereocenters. The second kappa shape index (κ2) is 10.6. The molecule has 1 aromatic rings. The maximum atomic E-state index is 5.78. The minimum atomic E-state index is -0.466. The van der Waals surface area contributed by atoms with Crippen molar-refractivity contribution in [1.29, 1.82) is 0 Å². The van der Waals surface area contributed by atoms with Gasteiger partial charge in [0, 0.05) is 0 Å². The monoisotopic (exact) mass is 470 g/mol. The van der Waals surface area contributed by atoms with Gasteiger partial charge in [0.1, 0.15) is 12.1 Å². The molecule has 3 rings (SSSR count). The molecule has 0 N–H and O–H groups in total. The second-order valence-electron chi connectivity index (χ2n) is 9.38. The van der Waals surface area contributed by atoms with Crippen LogP contribution >= 0.6 is 0 Å². The Hall–Kier alpha value is -2.90. The number of aliphatic imine (C=N–C) groups is 4. The Morgan fingerprint density at radius 3 is 1.50 bits per heavy atom. The summed E-state index contributed by atoms with van der Waals surface area (Å²) >= 11 is 0. The molecule has 0 unspecified atom stereocenters. The van der Waals surface area contributed by atoms with Crippen LogP contribution in [0.4, 0.5) is 0 Å². The van der Waals surface area contributed by atoms with Gasteiger partial charge in [0.25, 0.3) is 0 Å². The lowest BCUT2D eigenvalue weighted by Gasteiger charge is -2.32. The van der Waals surface area contributed by atoms with Crippen molar-refractivity contribution < 1.29 is 18.9 Å². The summed E-state index contributed by atoms with van der Waals surface area (Å²) in [7, 11) is 6.55. The third kappa shape index (κ3) is 4.68. The van der Waals surface area contributed by atoms with Crippen LogP contribution in [0.15, 0.2) is 32.1 Å². The highest BCUT2D eigenvalue weighted by atomic mass is 16.5. The van der Waals surface area contributed by atoms with Crippen LogP contribution < -0.4 is 0 Å². The standard InChI is InChI=1S/C26H38N4O4/c1-13(2)19-23(31-7)29-21(25(27-19)33-9)17-12-11-15(5)16(6)18(17)22-26(34-10)28-20(14(3)4)24(30-22)32-8/h11-14,19-22H,1-10H3/t19-,20-,21+,22+/m1/s1. The van der Waals surface area contributed by atoms with Gasteiger partial charge < -0.3 is 18.9 Å². The fourth-order valence-corrected chi connectivity index (χ4v) is 4.44. The van der Waals surface area contributed by atoms with Crippen molar-refractivity contribution in [3.05, 3.63) is 34.4 Å². The number of hydrogen-bond acceptors (Lipinski definition) is 8. The van der Waals surface area contributed by atoms with E-state index >= 15 is 0 Å². The van der Waals surface area contributed by atoms with Crippen LogP contribution in [0.3, 0.4) is 0 Å². The smallest absolute Gasteiger partial charge is 0.214 e. The van der Waals surface area contributed by atoms with E-state index in [4.69, 9.17) is 38.9 Å². The Bertz CT molecular complexity index is 1030. The SMILES string of the molecule is COC1=N[C@H](C(C)C)C(OC)=N[C@H]1c1ccc(C)c(C)c1[C@@H]1N=C(OC)[C@@H](C(C)C)N=C1OC. The number of aryl methyl sites for hydroxylation is 1. The Kier molecular flexibility index (Phi) is 8.00. The van der Waals surface area contributed by atoms with E-state index in [2.05, 4.69) is 53.7 Å². The fraction of sp³-hybridized carbons (Fsp3) is 0.615. The quantitative estimate of drug-likeness (QED) is 0.641. The first-order valence-corrected chi connectivity index (χ1v) is 11.7. The molecule has 0 bridgehead atoms. The predicted octanol–water partition coefficient (Wildman–Crippen LogP) is 4.64. The van der Waals surface area contributed by atoms with Crippen LogP contribution in [-0.4, -0.2) is 64.1 Å². The van der Waals surface area contributed by atoms with Crippen molar-refractivity contribution in [2.24, 2.45) is 31.8 Å². The van der Waals surface area contributed by atoms with Crippen molar-refractivity contribution in [2.75, 3.05) is 28.4 Å². The summed E-state index contributed by atoms with van der Waals surface area (Å²) in [4.78, 5) is 19.7. The van der Waals surface area contributed by atoms with Crippen molar-refractivity contribution >= 4 is 23.6 Å². The zero-order valence-corrected chi connectivity index (χ0v) is 22.0. The van der Waals surface area contributed by atoms with E-state index in [1.54, 1.807) is 28.4 Å². The normalized spacial score (nSPS) is 24.8. The van der Waals surface area contributed by atoms with Crippen LogP contribution in [0.1, 0.15) is 62.0 Å². The molecule has 2 heterocycles. The summed E-state index contributed by atoms with van der Waals surface area (Å²) in [6.45, 7) is 12.5. The van der Waals surface area contributed by atoms with Crippen molar-refractivity contribution in [1.82, 2.24) is 0 Å². The lowest BCUT2D eigenvalue weighted by Crippen LogP contribution is -2.36. The Morgan fingerprint density at radius 1 is 0.618 bits per heavy atom. The minimum Gasteiger partial charge on any atom is -0.483 e. The van der Waals surface area contributed by atoms with Crippen molar-refractivity contribution in [2.45, 2.75) is 65.7 Å². The molecule has 0 amide bonds. The highest BCUT2D eigenvalue weighted by molar-refractivity contribution is 5.97. The van der Waals surface area contributed by atoms with Gasteiger partial charge in [-0.05, 0) is 47.9 Å². The average molecular weight is 471 g/mol. The summed E-state index contributed by atoms with van der Waals surface area (Å²) in [6, 6.07) is 2.83. The molecule has 8 nitrogen and oxygen atoms in total. The first kappa shape index (κ1) is 25.7. The molecule has 0 spiro atoms. The zero-order valence-electron chi connectivity index (χ0n) is 22.0. The van der Waals surface area contributed by atoms with Crippen LogP contribution in [0.25, 0.3) is 0 Å². The molecule has 2 aliphatic heterocycles. The lowest BCUT2D eigenvalue weighted by molar-refractivity contribution is 0.330. The topological polar surface area (TPSA) is 86.4 Å². The summed E-state index contributed by atoms with van der Waals surface area (Å²) in [5.41, 5.74) is 4.12. The largest absolute Gasteiger partial charge is 0.483 e. The predicted molar refractivity (Wildman–Crippen MR) is 136 cm³/mol. The van der Waals surface area contributed by atoms with Crippen LogP contribution in [-0.2, 0) is 18.9 Å². The summed E-state index contributed by atoms with van der Waals surface area (Å²) in [5, 5.41) is 0. The molecular formula is C26H38N4O4. The molecule has 34 heavy (non-hydrogen) atoms. The third-order valence-electron chi connectivity index (χ3n) is 6.51. The summed E-state index contributed by atoms with van der Waals surface area (Å²) < 4.78 is 22.9. The molecule has 2 aliphatic rings. The zero-order chi connectivity index (χ0) is 25.2. The maximum absolute atomic E-state index is 5.78. The van der Waals surface area contributed by atoms with Gasteiger partial charge in [0.2, 0.25) is 23.6 Å². The van der Waals surface area contributed by atoms with E-state index in [0.717, 1.165) is 22.3 Å². The van der Waals surface area contributed by atoms with E-state index in [1.807, 2.05) is 0 Å². The number of rotatable bonds is 4. The number of benzene rings is 1. The van der Waals surface area contributed by atoms with Gasteiger partial charge in [0.05, 0.1) is 28.4 Å². The molecule has 1 aromatic carbocycles. The van der Waals surface area contributed by atoms with E-state index in [0.29, 0.717) is 23.6 Å². The maximum Gasteiger partial charge on any atom is 0.214 e. The molecule has 186 valence electrons. The van der Waals surface area contributed by atoms with Crippen molar-refractivity contribution in [3.8, 4) is 0 Å². The molecule has 0 radical (unpaired) electrons. The number of hydrogen-bond donors (Lipinski definition) is 0. The minimum absolute atomic E-state index is 0.193. The average Bonchev–Trinajstić information content (AvgIpc) is 2.83. The number of nitrogens with zero attached hydrogens (tertiary/aromatic N) is 4. The lowest BCUT2D eigenvalue weighted by atomic mass is 9.87. The van der Waals surface area contributed by atoms with Gasteiger partial charge in [-0.25, -0.2) is 20.0 Å². The van der Waals surface area contributed by atoms with Gasteiger partial charge in [-0.2, -0.15) is 0 Å². The molecule has 0 aromatic heterocycles. The first-order valence-electron chi connectivity index (χ1n) is 11.7. The number of ether oxygens (including phenoxy) is 4. The van der Waals surface area contributed by atoms with Gasteiger partial charge in [-0.15, -0.1) is 0 Å². The molecule has 0 fully saturated rings. The molecule has 8 heteroatoms. The van der Waals surface area contributed by atoms with E-state index < -0.39 is 12.1 Å². The molecule has 0 saturated heterocycles. The molecular weight excluding hydrogens is 432 g/mol. The van der Waals surface area contributed by atoms with Crippen LogP contribution in [0, 0.1) is 25.7 Å². The summed E-state index contributed by atoms with van der Waals surface area (Å²) in [5.74, 6) is 2.73. The Balaban J connectivity index is 2.23.